The molecule has 8 heteroatoms. The largest absolute Gasteiger partial charge is 0.434 e. The molecule has 1 N–H and O–H groups in total. The van der Waals surface area contributed by atoms with Crippen molar-refractivity contribution in [1.82, 2.24) is 20.6 Å². The fourth-order valence-corrected chi connectivity index (χ4v) is 3.64. The second-order valence-electron chi connectivity index (χ2n) is 8.34. The first-order chi connectivity index (χ1) is 15.9. The van der Waals surface area contributed by atoms with Crippen molar-refractivity contribution in [2.45, 2.75) is 46.1 Å². The zero-order valence-corrected chi connectivity index (χ0v) is 18.8. The van der Waals surface area contributed by atoms with Gasteiger partial charge in [0.1, 0.15) is 5.56 Å². The maximum absolute atomic E-state index is 14.9. The second kappa shape index (κ2) is 9.36. The van der Waals surface area contributed by atoms with Crippen LogP contribution >= 0.6 is 0 Å². The summed E-state index contributed by atoms with van der Waals surface area (Å²) in [5.41, 5.74) is 6.70. The Kier molecular flexibility index (Phi) is 6.35. The van der Waals surface area contributed by atoms with Crippen molar-refractivity contribution >= 4 is 12.3 Å². The summed E-state index contributed by atoms with van der Waals surface area (Å²) >= 11 is 0. The summed E-state index contributed by atoms with van der Waals surface area (Å²) in [6.07, 6.45) is 2.43. The molecule has 0 unspecified atom stereocenters. The van der Waals surface area contributed by atoms with E-state index in [2.05, 4.69) is 15.6 Å². The molecule has 1 aliphatic rings. The highest BCUT2D eigenvalue weighted by atomic mass is 19.1. The van der Waals surface area contributed by atoms with E-state index in [0.29, 0.717) is 17.7 Å². The van der Waals surface area contributed by atoms with Crippen molar-refractivity contribution in [3.63, 3.8) is 0 Å². The Morgan fingerprint density at radius 2 is 1.97 bits per heavy atom. The van der Waals surface area contributed by atoms with Gasteiger partial charge in [-0.1, -0.05) is 35.9 Å². The Balaban J connectivity index is 1.55. The van der Waals surface area contributed by atoms with Crippen LogP contribution in [0.4, 0.5) is 4.39 Å². The van der Waals surface area contributed by atoms with Crippen LogP contribution in [-0.4, -0.2) is 27.5 Å². The minimum Gasteiger partial charge on any atom is -0.434 e. The van der Waals surface area contributed by atoms with E-state index in [9.17, 15) is 14.0 Å². The first kappa shape index (κ1) is 22.4. The number of benzene rings is 2. The summed E-state index contributed by atoms with van der Waals surface area (Å²) < 4.78 is 20.6. The molecule has 0 atom stereocenters. The molecular formula is C25H25FN4O3. The van der Waals surface area contributed by atoms with Gasteiger partial charge in [0.05, 0.1) is 12.2 Å². The number of ether oxygens (including phenoxy) is 1. The van der Waals surface area contributed by atoms with E-state index in [1.165, 1.54) is 12.1 Å². The first-order valence-electron chi connectivity index (χ1n) is 10.8. The molecule has 1 aliphatic carbocycles. The zero-order valence-electron chi connectivity index (χ0n) is 18.8. The van der Waals surface area contributed by atoms with Gasteiger partial charge in [-0.25, -0.2) is 4.39 Å². The van der Waals surface area contributed by atoms with Crippen LogP contribution in [-0.2, 0) is 11.3 Å². The number of nitrogens with one attached hydrogen (secondary N) is 1. The van der Waals surface area contributed by atoms with Crippen LogP contribution in [0.15, 0.2) is 42.5 Å². The highest BCUT2D eigenvalue weighted by Gasteiger charge is 2.28. The average Bonchev–Trinajstić information content (AvgIpc) is 3.62. The molecule has 0 bridgehead atoms. The number of hydrazine groups is 1. The maximum Gasteiger partial charge on any atom is 0.275 e. The van der Waals surface area contributed by atoms with Gasteiger partial charge in [0.2, 0.25) is 6.41 Å². The lowest BCUT2D eigenvalue weighted by Gasteiger charge is -2.20. The van der Waals surface area contributed by atoms with Crippen LogP contribution in [0.5, 0.6) is 11.6 Å². The lowest BCUT2D eigenvalue weighted by atomic mass is 10.1. The smallest absolute Gasteiger partial charge is 0.275 e. The average molecular weight is 448 g/mol. The fraction of sp³-hybridized carbons (Fsp3) is 0.280. The quantitative estimate of drug-likeness (QED) is 0.405. The lowest BCUT2D eigenvalue weighted by Crippen LogP contribution is -2.41. The van der Waals surface area contributed by atoms with E-state index in [0.717, 1.165) is 34.5 Å². The number of nitrogens with zero attached hydrogens (tertiary/aromatic N) is 3. The molecule has 3 aromatic rings. The van der Waals surface area contributed by atoms with Gasteiger partial charge in [-0.05, 0) is 68.4 Å². The van der Waals surface area contributed by atoms with Crippen molar-refractivity contribution in [2.75, 3.05) is 0 Å². The zero-order chi connectivity index (χ0) is 23.5. The summed E-state index contributed by atoms with van der Waals surface area (Å²) in [6, 6.07) is 12.3. The van der Waals surface area contributed by atoms with Gasteiger partial charge in [0, 0.05) is 0 Å². The molecule has 0 saturated heterocycles. The predicted octanol–water partition coefficient (Wildman–Crippen LogP) is 4.51. The van der Waals surface area contributed by atoms with Crippen LogP contribution in [0.3, 0.4) is 0 Å². The Labute approximate surface area is 191 Å². The van der Waals surface area contributed by atoms with E-state index >= 15 is 0 Å². The molecule has 0 spiro atoms. The third-order valence-electron chi connectivity index (χ3n) is 5.55. The van der Waals surface area contributed by atoms with Crippen molar-refractivity contribution < 1.29 is 18.7 Å². The molecule has 170 valence electrons. The van der Waals surface area contributed by atoms with Crippen LogP contribution in [0.25, 0.3) is 0 Å². The molecule has 0 aliphatic heterocycles. The summed E-state index contributed by atoms with van der Waals surface area (Å²) in [7, 11) is 0. The minimum absolute atomic E-state index is 0.0193. The fourth-order valence-electron chi connectivity index (χ4n) is 3.64. The monoisotopic (exact) mass is 448 g/mol. The molecule has 1 fully saturated rings. The van der Waals surface area contributed by atoms with Crippen molar-refractivity contribution in [1.29, 1.82) is 0 Å². The molecule has 7 nitrogen and oxygen atoms in total. The summed E-state index contributed by atoms with van der Waals surface area (Å²) in [4.78, 5) is 24.7. The number of carbonyl (C=O) groups excluding carboxylic acids is 2. The third-order valence-corrected chi connectivity index (χ3v) is 5.55. The van der Waals surface area contributed by atoms with Gasteiger partial charge in [-0.2, -0.15) is 5.10 Å². The molecular weight excluding hydrogens is 423 g/mol. The number of halogens is 1. The van der Waals surface area contributed by atoms with E-state index in [4.69, 9.17) is 4.74 Å². The highest BCUT2D eigenvalue weighted by molar-refractivity contribution is 5.96. The van der Waals surface area contributed by atoms with E-state index in [1.54, 1.807) is 19.1 Å². The number of aromatic nitrogens is 2. The Bertz CT molecular complexity index is 1210. The SMILES string of the molecule is Cc1ccc(CN(C=O)NC(=O)c2cc(C)nnc2Oc2cccc(C3CC3)c2F)c(C)c1. The van der Waals surface area contributed by atoms with Gasteiger partial charge >= 0.3 is 0 Å². The third kappa shape index (κ3) is 5.16. The number of hydrogen-bond acceptors (Lipinski definition) is 5. The van der Waals surface area contributed by atoms with Gasteiger partial charge in [-0.15, -0.1) is 5.10 Å². The van der Waals surface area contributed by atoms with E-state index < -0.39 is 11.7 Å². The van der Waals surface area contributed by atoms with Crippen LogP contribution in [0.2, 0.25) is 0 Å². The Morgan fingerprint density at radius 3 is 2.67 bits per heavy atom. The van der Waals surface area contributed by atoms with Crippen LogP contribution in [0, 0.1) is 26.6 Å². The molecule has 0 radical (unpaired) electrons. The maximum atomic E-state index is 14.9. The highest BCUT2D eigenvalue weighted by Crippen LogP contribution is 2.43. The molecule has 2 aromatic carbocycles. The molecule has 33 heavy (non-hydrogen) atoms. The number of hydrogen-bond donors (Lipinski definition) is 1. The van der Waals surface area contributed by atoms with Gasteiger partial charge in [0.25, 0.3) is 11.8 Å². The number of carbonyl (C=O) groups is 2. The Morgan fingerprint density at radius 1 is 1.18 bits per heavy atom. The summed E-state index contributed by atoms with van der Waals surface area (Å²) in [5, 5.41) is 9.05. The molecule has 2 amide bonds. The number of rotatable bonds is 8. The van der Waals surface area contributed by atoms with Crippen molar-refractivity contribution in [2.24, 2.45) is 0 Å². The molecule has 4 rings (SSSR count). The van der Waals surface area contributed by atoms with Crippen LogP contribution < -0.4 is 10.2 Å². The lowest BCUT2D eigenvalue weighted by molar-refractivity contribution is -0.120. The van der Waals surface area contributed by atoms with Gasteiger partial charge < -0.3 is 4.74 Å². The van der Waals surface area contributed by atoms with Crippen molar-refractivity contribution in [3.05, 3.63) is 81.8 Å². The molecule has 1 aromatic heterocycles. The van der Waals surface area contributed by atoms with Crippen LogP contribution in [0.1, 0.15) is 57.1 Å². The summed E-state index contributed by atoms with van der Waals surface area (Å²) in [5.74, 6) is -1.03. The topological polar surface area (TPSA) is 84.4 Å². The van der Waals surface area contributed by atoms with Gasteiger partial charge in [-0.3, -0.25) is 20.0 Å². The number of aryl methyl sites for hydroxylation is 3. The Hall–Kier alpha value is -3.81. The normalized spacial score (nSPS) is 12.8. The van der Waals surface area contributed by atoms with E-state index in [1.807, 2.05) is 32.0 Å². The molecule has 1 saturated carbocycles. The number of amides is 2. The second-order valence-corrected chi connectivity index (χ2v) is 8.34. The summed E-state index contributed by atoms with van der Waals surface area (Å²) in [6.45, 7) is 5.79. The van der Waals surface area contributed by atoms with Gasteiger partial charge in [0.15, 0.2) is 11.6 Å². The van der Waals surface area contributed by atoms with Crippen molar-refractivity contribution in [3.8, 4) is 11.6 Å². The molecule has 1 heterocycles. The minimum atomic E-state index is -0.612. The standard InChI is InChI=1S/C25H25FN4O3/c1-15-7-8-19(16(2)11-15)13-30(14-31)29-24(32)21-12-17(3)27-28-25(21)33-22-6-4-5-20(23(22)26)18-9-10-18/h4-8,11-12,14,18H,9-10,13H2,1-3H3,(H,29,32). The van der Waals surface area contributed by atoms with E-state index in [-0.39, 0.29) is 29.7 Å². The first-order valence-corrected chi connectivity index (χ1v) is 10.8. The predicted molar refractivity (Wildman–Crippen MR) is 120 cm³/mol.